The van der Waals surface area contributed by atoms with E-state index in [-0.39, 0.29) is 5.82 Å². The molecule has 7 heteroatoms. The van der Waals surface area contributed by atoms with E-state index in [1.54, 1.807) is 0 Å². The van der Waals surface area contributed by atoms with E-state index in [1.165, 1.54) is 12.8 Å². The third-order valence-corrected chi connectivity index (χ3v) is 3.04. The molecule has 1 aromatic rings. The predicted octanol–water partition coefficient (Wildman–Crippen LogP) is -0.646. The lowest BCUT2D eigenvalue weighted by molar-refractivity contribution is 0.269. The second-order valence-corrected chi connectivity index (χ2v) is 4.33. The predicted molar refractivity (Wildman–Crippen MR) is 64.2 cm³/mol. The third kappa shape index (κ3) is 2.94. The summed E-state index contributed by atoms with van der Waals surface area (Å²) in [7, 11) is 0. The Balaban J connectivity index is 1.93. The highest BCUT2D eigenvalue weighted by atomic mass is 16.2. The Kier molecular flexibility index (Phi) is 3.58. The van der Waals surface area contributed by atoms with Crippen molar-refractivity contribution in [2.75, 3.05) is 25.0 Å². The summed E-state index contributed by atoms with van der Waals surface area (Å²) in [5, 5.41) is 8.81. The molecule has 1 fully saturated rings. The lowest BCUT2D eigenvalue weighted by atomic mass is 10.3. The zero-order valence-corrected chi connectivity index (χ0v) is 9.82. The van der Waals surface area contributed by atoms with Crippen LogP contribution in [0.3, 0.4) is 0 Å². The summed E-state index contributed by atoms with van der Waals surface area (Å²) in [4.78, 5) is 26.6. The zero-order chi connectivity index (χ0) is 12.3. The van der Waals surface area contributed by atoms with Crippen LogP contribution in [0.4, 0.5) is 5.82 Å². The largest absolute Gasteiger partial charge is 0.362 e. The fourth-order valence-electron chi connectivity index (χ4n) is 2.02. The van der Waals surface area contributed by atoms with E-state index >= 15 is 0 Å². The van der Waals surface area contributed by atoms with Gasteiger partial charge in [-0.3, -0.25) is 14.7 Å². The highest BCUT2D eigenvalue weighted by Gasteiger charge is 2.18. The van der Waals surface area contributed by atoms with Crippen LogP contribution in [-0.4, -0.2) is 45.8 Å². The number of hydrogen-bond donors (Lipinski definition) is 3. The Morgan fingerprint density at radius 1 is 1.41 bits per heavy atom. The summed E-state index contributed by atoms with van der Waals surface area (Å²) in [6, 6.07) is 0.352. The van der Waals surface area contributed by atoms with Crippen molar-refractivity contribution in [1.82, 2.24) is 20.1 Å². The molecular formula is C10H17N5O2. The van der Waals surface area contributed by atoms with Crippen molar-refractivity contribution in [3.8, 4) is 0 Å². The Labute approximate surface area is 98.2 Å². The van der Waals surface area contributed by atoms with Crippen LogP contribution in [0, 0.1) is 0 Å². The normalized spacial score (nSPS) is 18.2. The molecule has 0 radical (unpaired) electrons. The minimum atomic E-state index is -0.590. The van der Waals surface area contributed by atoms with Gasteiger partial charge in [-0.2, -0.15) is 0 Å². The van der Waals surface area contributed by atoms with Gasteiger partial charge in [-0.1, -0.05) is 0 Å². The molecule has 2 rings (SSSR count). The second kappa shape index (κ2) is 5.13. The summed E-state index contributed by atoms with van der Waals surface area (Å²) in [6.07, 6.45) is 2.48. The highest BCUT2D eigenvalue weighted by Crippen LogP contribution is 2.11. The van der Waals surface area contributed by atoms with Crippen molar-refractivity contribution in [2.45, 2.75) is 25.8 Å². The SMILES string of the molecule is CC(CNc1n[nH]c(=O)[nH]c1=O)N1CCCC1. The zero-order valence-electron chi connectivity index (χ0n) is 9.82. The molecule has 1 aliphatic rings. The molecule has 0 amide bonds. The lowest BCUT2D eigenvalue weighted by Crippen LogP contribution is -2.37. The first-order valence-corrected chi connectivity index (χ1v) is 5.84. The van der Waals surface area contributed by atoms with Crippen molar-refractivity contribution in [1.29, 1.82) is 0 Å². The molecular weight excluding hydrogens is 222 g/mol. The quantitative estimate of drug-likeness (QED) is 0.649. The topological polar surface area (TPSA) is 93.9 Å². The number of anilines is 1. The van der Waals surface area contributed by atoms with Crippen LogP contribution < -0.4 is 16.6 Å². The van der Waals surface area contributed by atoms with Crippen molar-refractivity contribution < 1.29 is 0 Å². The van der Waals surface area contributed by atoms with Crippen LogP contribution >= 0.6 is 0 Å². The van der Waals surface area contributed by atoms with Gasteiger partial charge in [0.2, 0.25) is 5.82 Å². The van der Waals surface area contributed by atoms with E-state index < -0.39 is 11.2 Å². The molecule has 17 heavy (non-hydrogen) atoms. The van der Waals surface area contributed by atoms with Gasteiger partial charge >= 0.3 is 5.69 Å². The van der Waals surface area contributed by atoms with Crippen LogP contribution in [0.1, 0.15) is 19.8 Å². The van der Waals surface area contributed by atoms with Gasteiger partial charge < -0.3 is 5.32 Å². The van der Waals surface area contributed by atoms with Crippen molar-refractivity contribution >= 4 is 5.82 Å². The molecule has 0 aliphatic carbocycles. The molecule has 7 nitrogen and oxygen atoms in total. The van der Waals surface area contributed by atoms with E-state index in [4.69, 9.17) is 0 Å². The maximum Gasteiger partial charge on any atom is 0.342 e. The maximum absolute atomic E-state index is 11.4. The molecule has 1 saturated heterocycles. The van der Waals surface area contributed by atoms with E-state index in [9.17, 15) is 9.59 Å². The van der Waals surface area contributed by atoms with Crippen LogP contribution in [0.2, 0.25) is 0 Å². The fourth-order valence-corrected chi connectivity index (χ4v) is 2.02. The lowest BCUT2D eigenvalue weighted by Gasteiger charge is -2.23. The molecule has 0 bridgehead atoms. The maximum atomic E-state index is 11.4. The average molecular weight is 239 g/mol. The molecule has 0 aromatic carbocycles. The van der Waals surface area contributed by atoms with Crippen molar-refractivity contribution in [2.24, 2.45) is 0 Å². The second-order valence-electron chi connectivity index (χ2n) is 4.33. The van der Waals surface area contributed by atoms with E-state index in [0.717, 1.165) is 13.1 Å². The molecule has 1 aliphatic heterocycles. The van der Waals surface area contributed by atoms with Gasteiger partial charge in [-0.25, -0.2) is 9.89 Å². The molecule has 0 spiro atoms. The monoisotopic (exact) mass is 239 g/mol. The van der Waals surface area contributed by atoms with Crippen LogP contribution in [0.15, 0.2) is 9.59 Å². The number of H-pyrrole nitrogens is 2. The first-order chi connectivity index (χ1) is 8.16. The summed E-state index contributed by atoms with van der Waals surface area (Å²) in [5.74, 6) is 0.163. The Bertz CT molecular complexity index is 474. The molecule has 1 aromatic heterocycles. The van der Waals surface area contributed by atoms with E-state index in [2.05, 4.69) is 32.3 Å². The first-order valence-electron chi connectivity index (χ1n) is 5.84. The number of likely N-dealkylation sites (tertiary alicyclic amines) is 1. The standard InChI is InChI=1S/C10H17N5O2/c1-7(15-4-2-3-5-15)6-11-8-9(16)12-10(17)14-13-8/h7H,2-6H2,1H3,(H,11,13)(H2,12,14,16,17). The van der Waals surface area contributed by atoms with Gasteiger partial charge in [0.25, 0.3) is 5.56 Å². The van der Waals surface area contributed by atoms with Crippen LogP contribution in [-0.2, 0) is 0 Å². The van der Waals surface area contributed by atoms with Gasteiger partial charge in [0, 0.05) is 12.6 Å². The highest BCUT2D eigenvalue weighted by molar-refractivity contribution is 5.28. The summed E-state index contributed by atoms with van der Waals surface area (Å²) in [5.41, 5.74) is -1.07. The van der Waals surface area contributed by atoms with Crippen molar-refractivity contribution in [3.63, 3.8) is 0 Å². The van der Waals surface area contributed by atoms with Gasteiger partial charge in [-0.05, 0) is 32.9 Å². The van der Waals surface area contributed by atoms with Gasteiger partial charge in [0.15, 0.2) is 0 Å². The third-order valence-electron chi connectivity index (χ3n) is 3.04. The number of nitrogens with one attached hydrogen (secondary N) is 3. The molecule has 3 N–H and O–H groups in total. The molecule has 94 valence electrons. The van der Waals surface area contributed by atoms with Gasteiger partial charge in [0.1, 0.15) is 0 Å². The molecule has 1 atom stereocenters. The first kappa shape index (κ1) is 11.8. The number of aromatic nitrogens is 3. The smallest absolute Gasteiger partial charge is 0.342 e. The Morgan fingerprint density at radius 2 is 2.12 bits per heavy atom. The van der Waals surface area contributed by atoms with Gasteiger partial charge in [-0.15, -0.1) is 5.10 Å². The summed E-state index contributed by atoms with van der Waals surface area (Å²) >= 11 is 0. The Hall–Kier alpha value is -1.63. The minimum absolute atomic E-state index is 0.163. The summed E-state index contributed by atoms with van der Waals surface area (Å²) in [6.45, 7) is 4.97. The average Bonchev–Trinajstić information content (AvgIpc) is 2.81. The van der Waals surface area contributed by atoms with Crippen LogP contribution in [0.25, 0.3) is 0 Å². The molecule has 0 saturated carbocycles. The van der Waals surface area contributed by atoms with Gasteiger partial charge in [0.05, 0.1) is 0 Å². The summed E-state index contributed by atoms with van der Waals surface area (Å²) < 4.78 is 0. The van der Waals surface area contributed by atoms with Crippen molar-refractivity contribution in [3.05, 3.63) is 20.8 Å². The van der Waals surface area contributed by atoms with Crippen LogP contribution in [0.5, 0.6) is 0 Å². The Morgan fingerprint density at radius 3 is 2.76 bits per heavy atom. The number of aromatic amines is 2. The number of rotatable bonds is 4. The number of nitrogens with zero attached hydrogens (tertiary/aromatic N) is 2. The number of hydrogen-bond acceptors (Lipinski definition) is 5. The molecule has 1 unspecified atom stereocenters. The minimum Gasteiger partial charge on any atom is -0.362 e. The van der Waals surface area contributed by atoms with E-state index in [1.807, 2.05) is 0 Å². The van der Waals surface area contributed by atoms with E-state index in [0.29, 0.717) is 12.6 Å². The fraction of sp³-hybridized carbons (Fsp3) is 0.700. The molecule has 2 heterocycles.